The third-order valence-electron chi connectivity index (χ3n) is 2.48. The highest BCUT2D eigenvalue weighted by Crippen LogP contribution is 2.36. The number of aldehydes is 1. The van der Waals surface area contributed by atoms with Crippen molar-refractivity contribution in [3.63, 3.8) is 0 Å². The van der Waals surface area contributed by atoms with Crippen LogP contribution in [0, 0.1) is 5.41 Å². The summed E-state index contributed by atoms with van der Waals surface area (Å²) in [5.74, 6) is 0. The van der Waals surface area contributed by atoms with Crippen molar-refractivity contribution in [2.45, 2.75) is 25.7 Å². The third-order valence-corrected chi connectivity index (χ3v) is 2.48. The molecule has 2 nitrogen and oxygen atoms in total. The molecule has 0 bridgehead atoms. The second kappa shape index (κ2) is 3.35. The molecule has 0 aromatic heterocycles. The molecule has 11 heavy (non-hydrogen) atoms. The van der Waals surface area contributed by atoms with E-state index in [9.17, 15) is 4.79 Å². The van der Waals surface area contributed by atoms with Crippen molar-refractivity contribution in [3.05, 3.63) is 0 Å². The number of hydrogen-bond donors (Lipinski definition) is 0. The van der Waals surface area contributed by atoms with Gasteiger partial charge in [0.2, 0.25) is 0 Å². The van der Waals surface area contributed by atoms with Crippen molar-refractivity contribution in [1.29, 1.82) is 0 Å². The Morgan fingerprint density at radius 1 is 1.36 bits per heavy atom. The van der Waals surface area contributed by atoms with Crippen molar-refractivity contribution in [1.82, 2.24) is 4.90 Å². The first-order chi connectivity index (χ1) is 5.18. The summed E-state index contributed by atoms with van der Waals surface area (Å²) < 4.78 is 0. The van der Waals surface area contributed by atoms with Gasteiger partial charge >= 0.3 is 0 Å². The van der Waals surface area contributed by atoms with Crippen LogP contribution in [0.15, 0.2) is 0 Å². The summed E-state index contributed by atoms with van der Waals surface area (Å²) in [4.78, 5) is 12.9. The number of carbonyl (C=O) groups is 1. The third kappa shape index (κ3) is 2.03. The quantitative estimate of drug-likeness (QED) is 0.573. The molecule has 1 fully saturated rings. The van der Waals surface area contributed by atoms with Gasteiger partial charge in [0.15, 0.2) is 0 Å². The Hall–Kier alpha value is -0.370. The Labute approximate surface area is 68.6 Å². The van der Waals surface area contributed by atoms with Crippen LogP contribution >= 0.6 is 0 Å². The molecule has 64 valence electrons. The first kappa shape index (κ1) is 8.72. The fourth-order valence-corrected chi connectivity index (χ4v) is 2.02. The molecule has 0 aromatic rings. The van der Waals surface area contributed by atoms with Crippen LogP contribution in [0.25, 0.3) is 0 Å². The predicted octanol–water partition coefficient (Wildman–Crippen LogP) is 1.31. The van der Waals surface area contributed by atoms with E-state index in [1.54, 1.807) is 0 Å². The molecule has 1 saturated carbocycles. The Kier molecular flexibility index (Phi) is 2.66. The van der Waals surface area contributed by atoms with E-state index in [2.05, 4.69) is 4.90 Å². The Bertz CT molecular complexity index is 136. The minimum atomic E-state index is 0.00347. The lowest BCUT2D eigenvalue weighted by Gasteiger charge is -2.25. The summed E-state index contributed by atoms with van der Waals surface area (Å²) in [6, 6.07) is 0. The number of hydrogen-bond acceptors (Lipinski definition) is 2. The van der Waals surface area contributed by atoms with E-state index in [1.807, 2.05) is 14.1 Å². The molecule has 0 saturated heterocycles. The first-order valence-electron chi connectivity index (χ1n) is 4.30. The second-order valence-corrected chi connectivity index (χ2v) is 3.93. The highest BCUT2D eigenvalue weighted by molar-refractivity contribution is 5.60. The minimum Gasteiger partial charge on any atom is -0.308 e. The Balaban J connectivity index is 2.52. The van der Waals surface area contributed by atoms with Gasteiger partial charge in [0.1, 0.15) is 6.29 Å². The average molecular weight is 155 g/mol. The second-order valence-electron chi connectivity index (χ2n) is 3.93. The Morgan fingerprint density at radius 2 is 1.91 bits per heavy atom. The van der Waals surface area contributed by atoms with Crippen LogP contribution in [-0.4, -0.2) is 31.8 Å². The van der Waals surface area contributed by atoms with E-state index in [4.69, 9.17) is 0 Å². The summed E-state index contributed by atoms with van der Waals surface area (Å²) in [6.07, 6.45) is 5.81. The van der Waals surface area contributed by atoms with Gasteiger partial charge in [-0.15, -0.1) is 0 Å². The largest absolute Gasteiger partial charge is 0.308 e. The van der Waals surface area contributed by atoms with Gasteiger partial charge in [-0.2, -0.15) is 0 Å². The van der Waals surface area contributed by atoms with Crippen molar-refractivity contribution in [3.8, 4) is 0 Å². The molecule has 0 spiro atoms. The number of carbonyl (C=O) groups excluding carboxylic acids is 1. The summed E-state index contributed by atoms with van der Waals surface area (Å²) in [5.41, 5.74) is 0.00347. The van der Waals surface area contributed by atoms with E-state index in [0.717, 1.165) is 19.4 Å². The molecule has 1 aliphatic carbocycles. The normalized spacial score (nSPS) is 22.5. The zero-order chi connectivity index (χ0) is 8.32. The average Bonchev–Trinajstić information content (AvgIpc) is 2.36. The standard InChI is InChI=1S/C9H17NO/c1-10(2)7-9(8-11)5-3-4-6-9/h8H,3-7H2,1-2H3. The van der Waals surface area contributed by atoms with Crippen LogP contribution in [0.4, 0.5) is 0 Å². The lowest BCUT2D eigenvalue weighted by molar-refractivity contribution is -0.116. The lowest BCUT2D eigenvalue weighted by Crippen LogP contribution is -2.32. The van der Waals surface area contributed by atoms with Crippen LogP contribution in [0.1, 0.15) is 25.7 Å². The molecule has 1 aliphatic rings. The molecule has 2 heteroatoms. The van der Waals surface area contributed by atoms with Gasteiger partial charge in [-0.3, -0.25) is 0 Å². The number of rotatable bonds is 3. The zero-order valence-corrected chi connectivity index (χ0v) is 7.47. The van der Waals surface area contributed by atoms with E-state index >= 15 is 0 Å². The molecule has 0 radical (unpaired) electrons. The van der Waals surface area contributed by atoms with Gasteiger partial charge in [0, 0.05) is 12.0 Å². The van der Waals surface area contributed by atoms with Crippen molar-refractivity contribution >= 4 is 6.29 Å². The van der Waals surface area contributed by atoms with Crippen LogP contribution in [0.3, 0.4) is 0 Å². The van der Waals surface area contributed by atoms with Gasteiger partial charge in [0.05, 0.1) is 0 Å². The first-order valence-corrected chi connectivity index (χ1v) is 4.30. The highest BCUT2D eigenvalue weighted by atomic mass is 16.1. The molecule has 0 aliphatic heterocycles. The fourth-order valence-electron chi connectivity index (χ4n) is 2.02. The van der Waals surface area contributed by atoms with E-state index in [0.29, 0.717) is 0 Å². The van der Waals surface area contributed by atoms with Crippen molar-refractivity contribution < 1.29 is 4.79 Å². The van der Waals surface area contributed by atoms with Gasteiger partial charge < -0.3 is 9.69 Å². The topological polar surface area (TPSA) is 20.3 Å². The van der Waals surface area contributed by atoms with Crippen LogP contribution in [0.5, 0.6) is 0 Å². The molecule has 0 amide bonds. The molecule has 0 unspecified atom stereocenters. The van der Waals surface area contributed by atoms with E-state index < -0.39 is 0 Å². The zero-order valence-electron chi connectivity index (χ0n) is 7.47. The molecular formula is C9H17NO. The summed E-state index contributed by atoms with van der Waals surface area (Å²) >= 11 is 0. The van der Waals surface area contributed by atoms with Crippen molar-refractivity contribution in [2.75, 3.05) is 20.6 Å². The summed E-state index contributed by atoms with van der Waals surface area (Å²) in [7, 11) is 4.06. The molecule has 0 heterocycles. The molecule has 0 aromatic carbocycles. The predicted molar refractivity (Wildman–Crippen MR) is 45.5 cm³/mol. The number of nitrogens with zero attached hydrogens (tertiary/aromatic N) is 1. The Morgan fingerprint density at radius 3 is 2.27 bits per heavy atom. The molecule has 0 N–H and O–H groups in total. The van der Waals surface area contributed by atoms with Gasteiger partial charge in [-0.1, -0.05) is 12.8 Å². The molecular weight excluding hydrogens is 138 g/mol. The monoisotopic (exact) mass is 155 g/mol. The van der Waals surface area contributed by atoms with E-state index in [-0.39, 0.29) is 5.41 Å². The molecule has 0 atom stereocenters. The van der Waals surface area contributed by atoms with E-state index in [1.165, 1.54) is 19.1 Å². The van der Waals surface area contributed by atoms with Crippen LogP contribution in [-0.2, 0) is 4.79 Å². The van der Waals surface area contributed by atoms with Gasteiger partial charge in [-0.05, 0) is 26.9 Å². The van der Waals surface area contributed by atoms with Gasteiger partial charge in [-0.25, -0.2) is 0 Å². The summed E-state index contributed by atoms with van der Waals surface area (Å²) in [5, 5.41) is 0. The fraction of sp³-hybridized carbons (Fsp3) is 0.889. The smallest absolute Gasteiger partial charge is 0.127 e. The maximum Gasteiger partial charge on any atom is 0.127 e. The van der Waals surface area contributed by atoms with Crippen LogP contribution < -0.4 is 0 Å². The van der Waals surface area contributed by atoms with Gasteiger partial charge in [0.25, 0.3) is 0 Å². The SMILES string of the molecule is CN(C)CC1(C=O)CCCC1. The highest BCUT2D eigenvalue weighted by Gasteiger charge is 2.33. The van der Waals surface area contributed by atoms with Crippen LogP contribution in [0.2, 0.25) is 0 Å². The van der Waals surface area contributed by atoms with Crippen molar-refractivity contribution in [2.24, 2.45) is 5.41 Å². The summed E-state index contributed by atoms with van der Waals surface area (Å²) in [6.45, 7) is 0.927. The minimum absolute atomic E-state index is 0.00347. The maximum absolute atomic E-state index is 10.8. The maximum atomic E-state index is 10.8. The molecule has 1 rings (SSSR count). The lowest BCUT2D eigenvalue weighted by atomic mass is 9.88.